The number of hydrogen-bond acceptors (Lipinski definition) is 8. The summed E-state index contributed by atoms with van der Waals surface area (Å²) in [4.78, 5) is 0. The number of hydrogen-bond donors (Lipinski definition) is 0. The van der Waals surface area contributed by atoms with Crippen LogP contribution in [0.15, 0.2) is 71.2 Å². The Kier molecular flexibility index (Phi) is 40.6. The molecule has 12 heteroatoms. The lowest BCUT2D eigenvalue weighted by Crippen LogP contribution is -2.17. The van der Waals surface area contributed by atoms with Gasteiger partial charge in [-0.05, 0) is 142 Å². The van der Waals surface area contributed by atoms with Crippen LogP contribution in [-0.4, -0.2) is 70.3 Å². The van der Waals surface area contributed by atoms with E-state index in [1.165, 1.54) is 0 Å². The summed E-state index contributed by atoms with van der Waals surface area (Å²) in [6, 6.07) is 0. The smallest absolute Gasteiger partial charge is 0.335 e. The van der Waals surface area contributed by atoms with Gasteiger partial charge >= 0.3 is 21.8 Å². The zero-order valence-electron chi connectivity index (χ0n) is 32.2. The highest BCUT2D eigenvalue weighted by atomic mass is 32.3. The highest BCUT2D eigenvalue weighted by Gasteiger charge is 2.21. The first-order valence-electron chi connectivity index (χ1n) is 17.7. The molecule has 0 radical (unpaired) electrons. The Hall–Kier alpha value is -2.81. The highest BCUT2D eigenvalue weighted by Crippen LogP contribution is 2.29. The van der Waals surface area contributed by atoms with Gasteiger partial charge < -0.3 is 18.9 Å². The van der Waals surface area contributed by atoms with Gasteiger partial charge in [-0.1, -0.05) is 57.0 Å². The van der Waals surface area contributed by atoms with E-state index in [-0.39, 0.29) is 29.0 Å². The Morgan fingerprint density at radius 1 is 0.750 bits per heavy atom. The number of ether oxygens (including phenoxy) is 4. The number of rotatable bonds is 27. The minimum atomic E-state index is -4.43. The minimum absolute atomic E-state index is 0. The molecular formula is C40H66F2O8S2. The van der Waals surface area contributed by atoms with Crippen LogP contribution in [0.25, 0.3) is 0 Å². The molecular weight excluding hydrogens is 711 g/mol. The van der Waals surface area contributed by atoms with Crippen molar-refractivity contribution in [3.8, 4) is 0 Å². The van der Waals surface area contributed by atoms with Crippen LogP contribution in [-0.2, 0) is 40.7 Å². The highest BCUT2D eigenvalue weighted by molar-refractivity contribution is 7.86. The molecule has 6 atom stereocenters. The zero-order valence-corrected chi connectivity index (χ0v) is 33.8. The summed E-state index contributed by atoms with van der Waals surface area (Å²) in [5.74, 6) is 1.57. The summed E-state index contributed by atoms with van der Waals surface area (Å²) < 4.78 is 84.7. The van der Waals surface area contributed by atoms with Crippen LogP contribution in [0.3, 0.4) is 0 Å². The Labute approximate surface area is 319 Å². The van der Waals surface area contributed by atoms with Gasteiger partial charge in [0.15, 0.2) is 0 Å². The molecule has 0 spiro atoms. The van der Waals surface area contributed by atoms with Gasteiger partial charge in [0, 0.05) is 30.3 Å². The summed E-state index contributed by atoms with van der Waals surface area (Å²) in [6.45, 7) is 16.8. The fourth-order valence-corrected chi connectivity index (χ4v) is 6.08. The molecule has 0 amide bonds. The molecule has 0 fully saturated rings. The van der Waals surface area contributed by atoms with Gasteiger partial charge in [0.25, 0.3) is 0 Å². The van der Waals surface area contributed by atoms with Crippen LogP contribution in [0.4, 0.5) is 8.28 Å². The van der Waals surface area contributed by atoms with Crippen molar-refractivity contribution in [2.45, 2.75) is 91.9 Å². The molecule has 0 aromatic heterocycles. The molecule has 0 bridgehead atoms. The molecule has 0 aliphatic rings. The van der Waals surface area contributed by atoms with Crippen LogP contribution in [0, 0.1) is 35.5 Å². The molecule has 52 heavy (non-hydrogen) atoms. The van der Waals surface area contributed by atoms with E-state index in [0.29, 0.717) is 55.6 Å². The van der Waals surface area contributed by atoms with Gasteiger partial charge in [-0.15, -0.1) is 3.89 Å². The van der Waals surface area contributed by atoms with Crippen LogP contribution in [0.5, 0.6) is 0 Å². The first kappa shape index (κ1) is 53.5. The molecule has 0 heterocycles. The van der Waals surface area contributed by atoms with E-state index in [1.807, 2.05) is 12.2 Å². The van der Waals surface area contributed by atoms with Crippen molar-refractivity contribution in [2.75, 3.05) is 53.4 Å². The van der Waals surface area contributed by atoms with Crippen LogP contribution in [0.1, 0.15) is 94.8 Å². The molecule has 6 unspecified atom stereocenters. The van der Waals surface area contributed by atoms with E-state index in [2.05, 4.69) is 86.7 Å². The molecule has 8 nitrogen and oxygen atoms in total. The Morgan fingerprint density at radius 3 is 1.77 bits per heavy atom. The second-order valence-electron chi connectivity index (χ2n) is 12.5. The van der Waals surface area contributed by atoms with Crippen molar-refractivity contribution in [3.05, 3.63) is 71.2 Å². The van der Waals surface area contributed by atoms with E-state index in [4.69, 9.17) is 27.4 Å². The third kappa shape index (κ3) is 40.0. The van der Waals surface area contributed by atoms with Crippen molar-refractivity contribution in [1.29, 1.82) is 0 Å². The quantitative estimate of drug-likeness (QED) is 0.0352. The lowest BCUT2D eigenvalue weighted by atomic mass is 9.83. The average molecular weight is 777 g/mol. The van der Waals surface area contributed by atoms with Gasteiger partial charge in [-0.3, -0.25) is 4.39 Å². The molecule has 0 aliphatic carbocycles. The Balaban J connectivity index is -0.000000268. The summed E-state index contributed by atoms with van der Waals surface area (Å²) in [5, 5.41) is 0. The van der Waals surface area contributed by atoms with Gasteiger partial charge in [0.2, 0.25) is 0 Å². The SMILES string of the molecule is C=C=C=C=C=CC(C)CC(CCF)CC(C=C=C=C=C=C)CC.CCC(CCOCOC)CC(CCS(=O)(=O)F)CC(C)CCOCOC.O=S=O.[HH].[HH]. The fraction of sp³-hybridized carbons (Fsp3) is 0.700. The lowest BCUT2D eigenvalue weighted by molar-refractivity contribution is -0.0360. The van der Waals surface area contributed by atoms with Crippen molar-refractivity contribution in [3.63, 3.8) is 0 Å². The van der Waals surface area contributed by atoms with E-state index >= 15 is 0 Å². The molecule has 0 aliphatic heterocycles. The predicted octanol–water partition coefficient (Wildman–Crippen LogP) is 9.60. The van der Waals surface area contributed by atoms with E-state index in [0.717, 1.165) is 51.4 Å². The first-order chi connectivity index (χ1) is 24.9. The molecule has 0 aromatic carbocycles. The van der Waals surface area contributed by atoms with Crippen LogP contribution < -0.4 is 0 Å². The van der Waals surface area contributed by atoms with Gasteiger partial charge in [0.1, 0.15) is 13.6 Å². The van der Waals surface area contributed by atoms with Crippen molar-refractivity contribution >= 4 is 21.8 Å². The summed E-state index contributed by atoms with van der Waals surface area (Å²) in [7, 11) is -1.26. The second kappa shape index (κ2) is 39.4. The largest absolute Gasteiger partial charge is 0.359 e. The normalized spacial score (nSPS) is 13.5. The van der Waals surface area contributed by atoms with Crippen LogP contribution in [0.2, 0.25) is 0 Å². The monoisotopic (exact) mass is 776 g/mol. The Morgan fingerprint density at radius 2 is 1.29 bits per heavy atom. The molecule has 0 rings (SSSR count). The second-order valence-corrected chi connectivity index (χ2v) is 14.1. The van der Waals surface area contributed by atoms with E-state index in [9.17, 15) is 16.7 Å². The van der Waals surface area contributed by atoms with E-state index < -0.39 is 27.5 Å². The number of allylic oxidation sites excluding steroid dienone is 2. The van der Waals surface area contributed by atoms with Gasteiger partial charge in [-0.25, -0.2) is 0 Å². The third-order valence-electron chi connectivity index (χ3n) is 8.09. The molecule has 0 saturated heterocycles. The lowest BCUT2D eigenvalue weighted by Gasteiger charge is -2.25. The molecule has 0 saturated carbocycles. The predicted molar refractivity (Wildman–Crippen MR) is 208 cm³/mol. The number of halogens is 2. The van der Waals surface area contributed by atoms with E-state index in [1.54, 1.807) is 14.2 Å². The van der Waals surface area contributed by atoms with Gasteiger partial charge in [-0.2, -0.15) is 16.8 Å². The van der Waals surface area contributed by atoms with Crippen molar-refractivity contribution in [1.82, 2.24) is 0 Å². The maximum Gasteiger partial charge on any atom is 0.335 e. The van der Waals surface area contributed by atoms with Crippen molar-refractivity contribution in [2.24, 2.45) is 35.5 Å². The fourth-order valence-electron chi connectivity index (χ4n) is 5.47. The number of methoxy groups -OCH3 is 2. The average Bonchev–Trinajstić information content (AvgIpc) is 3.10. The standard InChI is InChI=1S/C22H25F.C18H37FO6S.O2S.2H2/c1-5-8-10-12-14-20(4)18-22(16-17-23)19-21(7-3)15-13-11-9-6-2;1-5-17(7-10-25-15-23-4)13-18(8-11-26(19,20)21)12-16(2)6-9-24-14-22-3;1-3-2;;/h14-15,20-22H,1-2,7,16-19H2,3-4H3;16-18H,5-15H2,1-4H3;;2*1H. The maximum atomic E-state index is 13.0. The number of alkyl halides is 1. The molecule has 0 aromatic rings. The van der Waals surface area contributed by atoms with Gasteiger partial charge in [0.05, 0.1) is 12.4 Å². The molecule has 0 N–H and O–H groups in total. The summed E-state index contributed by atoms with van der Waals surface area (Å²) in [6.07, 6.45) is 12.2. The molecule has 300 valence electrons. The third-order valence-corrected chi connectivity index (χ3v) is 8.82. The Bertz CT molecular complexity index is 1370. The summed E-state index contributed by atoms with van der Waals surface area (Å²) >= 11 is -0.750. The zero-order chi connectivity index (χ0) is 39.9. The first-order valence-corrected chi connectivity index (χ1v) is 19.9. The summed E-state index contributed by atoms with van der Waals surface area (Å²) in [5.41, 5.74) is 21.5. The minimum Gasteiger partial charge on any atom is -0.359 e. The maximum absolute atomic E-state index is 13.0. The topological polar surface area (TPSA) is 105 Å². The van der Waals surface area contributed by atoms with Crippen LogP contribution >= 0.6 is 0 Å². The van der Waals surface area contributed by atoms with Crippen molar-refractivity contribution < 1.29 is 46.9 Å².